The van der Waals surface area contributed by atoms with E-state index >= 15 is 0 Å². The van der Waals surface area contributed by atoms with E-state index in [2.05, 4.69) is 108 Å². The van der Waals surface area contributed by atoms with Gasteiger partial charge in [0.1, 0.15) is 21.1 Å². The third-order valence-electron chi connectivity index (χ3n) is 25.7. The Morgan fingerprint density at radius 1 is 0.275 bits per heavy atom. The Hall–Kier alpha value is -13.7. The van der Waals surface area contributed by atoms with Crippen molar-refractivity contribution in [3.05, 3.63) is 473 Å². The van der Waals surface area contributed by atoms with Crippen LogP contribution in [-0.2, 0) is 21.1 Å². The lowest BCUT2D eigenvalue weighted by Crippen LogP contribution is -2.31. The standard InChI is InChI=1S/C40H32N.C39H29N2O.C36H32N/c1-25-11-7-8-14-30(25)38-23-35(26(2)24-41(38)3)29-18-20-34-37(22-29)40-32-16-10-9-15-31(32)39(34)36-21-28(17-19-33(36)40)27-12-5-4-6-13-27;1-22-12-15-31-32-16-13-23(2)40-39(32)42-38(31)35(22)34-21-25(18-19-41(34)3)24-14-17-30-33(20-24)37-28-10-6-4-8-26(28)36(30)27-9-5-7-11-29(27)37;1-21-14-15-28-31(16-21)36-27-13-9-8-12-26(27)35(28)33-18-29(23(3)17-32(33)36)30-19-34(37(5)20-24(30)4)25-11-7-6-10-22(25)2/h4-24,39-40H,1-3H3;4-21,36-37H,1-3H3;6-20,35-36H,1-5H3/q3*+1/i2D3,39D,40D;2D3,36D,37D;4D3,35D,36D. The highest BCUT2D eigenvalue weighted by atomic mass is 16.3. The Morgan fingerprint density at radius 2 is 0.683 bits per heavy atom. The fourth-order valence-electron chi connectivity index (χ4n) is 20.0. The molecule has 5 heteroatoms. The van der Waals surface area contributed by atoms with E-state index < -0.39 is 55.9 Å². The van der Waals surface area contributed by atoms with Gasteiger partial charge in [-0.2, -0.15) is 0 Å². The van der Waals surface area contributed by atoms with Crippen molar-refractivity contribution in [2.45, 2.75) is 90.5 Å². The molecule has 0 saturated carbocycles. The van der Waals surface area contributed by atoms with Crippen LogP contribution in [0.2, 0.25) is 0 Å². The molecule has 0 N–H and O–H groups in total. The van der Waals surface area contributed by atoms with Crippen LogP contribution in [0.15, 0.2) is 332 Å². The molecule has 0 radical (unpaired) electrons. The van der Waals surface area contributed by atoms with Gasteiger partial charge in [-0.15, -0.1) is 0 Å². The van der Waals surface area contributed by atoms with Crippen molar-refractivity contribution in [3.8, 4) is 78.3 Å². The Labute approximate surface area is 724 Å². The molecule has 18 aromatic rings. The average molecular weight is 1560 g/mol. The van der Waals surface area contributed by atoms with Gasteiger partial charge < -0.3 is 4.42 Å². The lowest BCUT2D eigenvalue weighted by Gasteiger charge is -2.43. The number of hydrogen-bond donors (Lipinski definition) is 0. The summed E-state index contributed by atoms with van der Waals surface area (Å²) in [4.78, 5) is 4.37. The van der Waals surface area contributed by atoms with E-state index in [1.165, 1.54) is 0 Å². The first-order chi connectivity index (χ1) is 64.4. The van der Waals surface area contributed by atoms with Crippen LogP contribution in [0.1, 0.15) is 201 Å². The van der Waals surface area contributed by atoms with Gasteiger partial charge in [-0.05, 0) is 271 Å². The van der Waals surface area contributed by atoms with Gasteiger partial charge >= 0.3 is 0 Å². The van der Waals surface area contributed by atoms with Crippen molar-refractivity contribution in [1.82, 2.24) is 4.98 Å². The molecule has 4 atom stereocenters. The predicted octanol–water partition coefficient (Wildman–Crippen LogP) is 25.9. The molecule has 13 aromatic carbocycles. The van der Waals surface area contributed by atoms with Gasteiger partial charge in [0.2, 0.25) is 22.8 Å². The van der Waals surface area contributed by atoms with Crippen molar-refractivity contribution in [2.24, 2.45) is 21.1 Å². The van der Waals surface area contributed by atoms with Gasteiger partial charge in [-0.3, -0.25) is 0 Å². The third kappa shape index (κ3) is 11.5. The first-order valence-corrected chi connectivity index (χ1v) is 41.1. The van der Waals surface area contributed by atoms with Crippen molar-refractivity contribution in [1.29, 1.82) is 0 Å². The van der Waals surface area contributed by atoms with Crippen molar-refractivity contribution in [3.63, 3.8) is 0 Å². The number of furan rings is 1. The van der Waals surface area contributed by atoms with Gasteiger partial charge in [0.15, 0.2) is 24.2 Å². The maximum absolute atomic E-state index is 10.3. The molecule has 9 aliphatic carbocycles. The Bertz CT molecular complexity index is 8080. The van der Waals surface area contributed by atoms with E-state index in [1.54, 1.807) is 24.5 Å². The van der Waals surface area contributed by atoms with Crippen molar-refractivity contribution in [2.75, 3.05) is 0 Å². The molecular weight excluding hydrogens is 1450 g/mol. The van der Waals surface area contributed by atoms with Crippen molar-refractivity contribution >= 4 is 22.1 Å². The Morgan fingerprint density at radius 3 is 1.22 bits per heavy atom. The van der Waals surface area contributed by atoms with Crippen LogP contribution < -0.4 is 13.7 Å². The highest BCUT2D eigenvalue weighted by Crippen LogP contribution is 2.60. The van der Waals surface area contributed by atoms with Crippen LogP contribution in [0.5, 0.6) is 0 Å². The van der Waals surface area contributed by atoms with Gasteiger partial charge in [0.25, 0.3) is 0 Å². The lowest BCUT2D eigenvalue weighted by atomic mass is 9.60. The van der Waals surface area contributed by atoms with Crippen LogP contribution in [0.3, 0.4) is 0 Å². The van der Waals surface area contributed by atoms with E-state index in [0.29, 0.717) is 22.4 Å². The van der Waals surface area contributed by atoms with Gasteiger partial charge in [0.05, 0.1) is 5.56 Å². The van der Waals surface area contributed by atoms with E-state index in [1.807, 2.05) is 270 Å². The smallest absolute Gasteiger partial charge is 0.227 e. The lowest BCUT2D eigenvalue weighted by molar-refractivity contribution is -0.660. The SMILES string of the molecule is [2H]C([2H])([2H])c1c[n+](C)c(-c2ccccc2C)cc1-c1cc2c(cc1C)C1([2H])c3ccccc3C2([2H])c2ccc(C)cc21.[2H]C([2H])([2H])c1c[n+](C)c(-c2ccccc2C)cc1-c1ccc2c(c1)C1([2H])c3ccccc3C2([2H])c2cc(-c3ccccc3)ccc21.[2H]C([2H])([2H])c1ccc2c(n1)oc1c(-c3cc(-c4ccc5c(c4)C4([2H])c6ccccc6C5([2H])c5ccccc54)cc[n+]3C)c(C)ccc12. The minimum atomic E-state index is -2.35. The summed E-state index contributed by atoms with van der Waals surface area (Å²) in [7, 11) is 5.76. The molecule has 5 aromatic heterocycles. The second kappa shape index (κ2) is 28.2. The summed E-state index contributed by atoms with van der Waals surface area (Å²) >= 11 is 0. The maximum atomic E-state index is 10.3. The largest absolute Gasteiger partial charge is 0.437 e. The zero-order valence-electron chi connectivity index (χ0n) is 82.9. The number of hydrogen-bond acceptors (Lipinski definition) is 2. The summed E-state index contributed by atoms with van der Waals surface area (Å²) < 4.78 is 147. The summed E-state index contributed by atoms with van der Waals surface area (Å²) in [5, 5.41) is 1.64. The van der Waals surface area contributed by atoms with Gasteiger partial charge in [-0.1, -0.05) is 242 Å². The first kappa shape index (κ1) is 58.2. The Balaban J connectivity index is 0.000000118. The molecule has 6 bridgehead atoms. The van der Waals surface area contributed by atoms with E-state index in [0.717, 1.165) is 206 Å². The number of aromatic nitrogens is 4. The van der Waals surface area contributed by atoms with Gasteiger partial charge in [-0.25, -0.2) is 18.7 Å². The minimum absolute atomic E-state index is 0.00265. The Kier molecular flexibility index (Phi) is 13.7. The van der Waals surface area contributed by atoms with Crippen LogP contribution >= 0.6 is 0 Å². The van der Waals surface area contributed by atoms with Gasteiger partial charge in [0, 0.05) is 119 Å². The summed E-state index contributed by atoms with van der Waals surface area (Å²) in [5.41, 5.74) is 33.8. The number of rotatable bonds is 7. The summed E-state index contributed by atoms with van der Waals surface area (Å²) in [6.07, 6.45) is 5.47. The first-order valence-electron chi connectivity index (χ1n) is 48.6. The van der Waals surface area contributed by atoms with Crippen LogP contribution in [-0.4, -0.2) is 4.98 Å². The average Bonchev–Trinajstić information content (AvgIpc) is 1.14. The van der Waals surface area contributed by atoms with E-state index in [-0.39, 0.29) is 16.8 Å². The molecule has 0 amide bonds. The second-order valence-electron chi connectivity index (χ2n) is 32.9. The van der Waals surface area contributed by atoms with Crippen molar-refractivity contribution < 1.29 is 38.7 Å². The molecule has 576 valence electrons. The molecule has 0 saturated heterocycles. The molecule has 4 unspecified atom stereocenters. The normalized spacial score (nSPS) is 22.3. The molecule has 5 heterocycles. The fraction of sp³-hybridized carbons (Fsp3) is 0.148. The summed E-state index contributed by atoms with van der Waals surface area (Å²) in [6.45, 7) is 3.14. The molecular formula is C115H93N4O+3. The number of benzene rings is 13. The van der Waals surface area contributed by atoms with Crippen LogP contribution in [0.4, 0.5) is 0 Å². The van der Waals surface area contributed by atoms with Crippen LogP contribution in [0.25, 0.3) is 100 Å². The van der Waals surface area contributed by atoms with E-state index in [4.69, 9.17) is 16.8 Å². The maximum Gasteiger partial charge on any atom is 0.227 e. The molecule has 0 spiro atoms. The molecule has 120 heavy (non-hydrogen) atoms. The zero-order valence-corrected chi connectivity index (χ0v) is 67.9. The fourth-order valence-corrected chi connectivity index (χ4v) is 20.0. The number of pyridine rings is 4. The monoisotopic (exact) mass is 1560 g/mol. The quantitative estimate of drug-likeness (QED) is 0.149. The number of nitrogens with zero attached hydrogens (tertiary/aromatic N) is 4. The van der Waals surface area contributed by atoms with E-state index in [9.17, 15) is 8.22 Å². The second-order valence-corrected chi connectivity index (χ2v) is 32.9. The highest BCUT2D eigenvalue weighted by Gasteiger charge is 2.45. The minimum Gasteiger partial charge on any atom is -0.437 e. The predicted molar refractivity (Wildman–Crippen MR) is 488 cm³/mol. The molecule has 0 fully saturated rings. The summed E-state index contributed by atoms with van der Waals surface area (Å²) in [5.74, 6) is -7.12. The molecule has 0 aliphatic heterocycles. The zero-order chi connectivity index (χ0) is 94.2. The topological polar surface area (TPSA) is 37.7 Å². The third-order valence-corrected chi connectivity index (χ3v) is 25.7. The molecule has 27 rings (SSSR count). The number of aryl methyl sites for hydroxylation is 11. The highest BCUT2D eigenvalue weighted by molar-refractivity contribution is 6.09. The summed E-state index contributed by atoms with van der Waals surface area (Å²) in [6, 6.07) is 102. The molecule has 5 nitrogen and oxygen atoms in total. The molecule has 9 aliphatic rings. The van der Waals surface area contributed by atoms with Crippen LogP contribution in [0, 0.1) is 55.2 Å². The number of fused-ring (bicyclic) bond motifs is 3.